The highest BCUT2D eigenvalue weighted by molar-refractivity contribution is 6.42. The van der Waals surface area contributed by atoms with Gasteiger partial charge in [-0.3, -0.25) is 4.79 Å². The molecule has 86 valence electrons. The summed E-state index contributed by atoms with van der Waals surface area (Å²) in [6, 6.07) is 5.30. The zero-order valence-electron chi connectivity index (χ0n) is 8.97. The first-order valence-electron chi connectivity index (χ1n) is 5.05. The molecule has 16 heavy (non-hydrogen) atoms. The Kier molecular flexibility index (Phi) is 5.36. The van der Waals surface area contributed by atoms with Gasteiger partial charge < -0.3 is 5.32 Å². The molecule has 0 aliphatic heterocycles. The van der Waals surface area contributed by atoms with Crippen molar-refractivity contribution >= 4 is 35.2 Å². The zero-order valence-corrected chi connectivity index (χ0v) is 10.5. The maximum atomic E-state index is 11.3. The minimum absolute atomic E-state index is 0.127. The molecule has 0 bridgehead atoms. The number of rotatable bonds is 4. The van der Waals surface area contributed by atoms with Crippen molar-refractivity contribution in [2.75, 3.05) is 6.54 Å². The molecule has 1 N–H and O–H groups in total. The summed E-state index contributed by atoms with van der Waals surface area (Å²) in [5.74, 6) is -0.127. The van der Waals surface area contributed by atoms with Gasteiger partial charge >= 0.3 is 0 Å². The lowest BCUT2D eigenvalue weighted by Crippen LogP contribution is -2.21. The van der Waals surface area contributed by atoms with Crippen LogP contribution in [0.15, 0.2) is 24.3 Å². The van der Waals surface area contributed by atoms with E-state index in [9.17, 15) is 4.79 Å². The topological polar surface area (TPSA) is 29.1 Å². The number of benzene rings is 1. The van der Waals surface area contributed by atoms with Crippen molar-refractivity contribution in [3.05, 3.63) is 39.9 Å². The van der Waals surface area contributed by atoms with Crippen LogP contribution in [0.2, 0.25) is 10.0 Å². The Bertz CT molecular complexity index is 402. The maximum absolute atomic E-state index is 11.3. The average molecular weight is 258 g/mol. The van der Waals surface area contributed by atoms with Crippen LogP contribution in [0.3, 0.4) is 0 Å². The largest absolute Gasteiger partial charge is 0.353 e. The molecule has 4 heteroatoms. The van der Waals surface area contributed by atoms with Crippen LogP contribution in [0.5, 0.6) is 0 Å². The normalized spacial score (nSPS) is 10.7. The quantitative estimate of drug-likeness (QED) is 0.822. The fourth-order valence-electron chi connectivity index (χ4n) is 1.12. The molecule has 1 amide bonds. The Balaban J connectivity index is 2.69. The number of hydrogen-bond acceptors (Lipinski definition) is 1. The van der Waals surface area contributed by atoms with Gasteiger partial charge in [0.2, 0.25) is 5.91 Å². The molecule has 1 aromatic rings. The van der Waals surface area contributed by atoms with Gasteiger partial charge in [0.15, 0.2) is 0 Å². The van der Waals surface area contributed by atoms with E-state index in [-0.39, 0.29) is 5.91 Å². The first kappa shape index (κ1) is 13.1. The Morgan fingerprint density at radius 1 is 1.44 bits per heavy atom. The number of carbonyl (C=O) groups is 1. The van der Waals surface area contributed by atoms with Crippen LogP contribution in [0.4, 0.5) is 0 Å². The molecule has 1 aromatic carbocycles. The van der Waals surface area contributed by atoms with E-state index in [1.165, 1.54) is 6.08 Å². The van der Waals surface area contributed by atoms with E-state index >= 15 is 0 Å². The second-order valence-corrected chi connectivity index (χ2v) is 4.05. The van der Waals surface area contributed by atoms with Gasteiger partial charge in [0.05, 0.1) is 10.0 Å². The van der Waals surface area contributed by atoms with Crippen molar-refractivity contribution in [2.45, 2.75) is 13.3 Å². The standard InChI is InChI=1S/C12H13Cl2NO/c1-2-8-15-11(16)7-6-9-4-3-5-10(13)12(9)14/h3-7H,2,8H2,1H3,(H,15,16). The molecular weight excluding hydrogens is 245 g/mol. The maximum Gasteiger partial charge on any atom is 0.243 e. The molecule has 0 radical (unpaired) electrons. The van der Waals surface area contributed by atoms with E-state index < -0.39 is 0 Å². The predicted molar refractivity (Wildman–Crippen MR) is 68.8 cm³/mol. The minimum Gasteiger partial charge on any atom is -0.353 e. The van der Waals surface area contributed by atoms with Crippen molar-refractivity contribution in [3.63, 3.8) is 0 Å². The van der Waals surface area contributed by atoms with Gasteiger partial charge in [-0.2, -0.15) is 0 Å². The molecule has 0 aromatic heterocycles. The lowest BCUT2D eigenvalue weighted by molar-refractivity contribution is -0.116. The van der Waals surface area contributed by atoms with Crippen molar-refractivity contribution in [2.24, 2.45) is 0 Å². The smallest absolute Gasteiger partial charge is 0.243 e. The third-order valence-corrected chi connectivity index (χ3v) is 2.78. The van der Waals surface area contributed by atoms with Gasteiger partial charge in [-0.15, -0.1) is 0 Å². The van der Waals surface area contributed by atoms with E-state index in [0.29, 0.717) is 16.6 Å². The summed E-state index contributed by atoms with van der Waals surface area (Å²) >= 11 is 11.8. The van der Waals surface area contributed by atoms with E-state index in [1.807, 2.05) is 6.92 Å². The molecule has 0 saturated heterocycles. The SMILES string of the molecule is CCCNC(=O)C=Cc1cccc(Cl)c1Cl. The van der Waals surface area contributed by atoms with E-state index in [2.05, 4.69) is 5.32 Å². The van der Waals surface area contributed by atoms with E-state index in [4.69, 9.17) is 23.2 Å². The van der Waals surface area contributed by atoms with Crippen molar-refractivity contribution < 1.29 is 4.79 Å². The van der Waals surface area contributed by atoms with Crippen LogP contribution >= 0.6 is 23.2 Å². The van der Waals surface area contributed by atoms with Gasteiger partial charge in [0.25, 0.3) is 0 Å². The monoisotopic (exact) mass is 257 g/mol. The predicted octanol–water partition coefficient (Wildman–Crippen LogP) is 3.53. The van der Waals surface area contributed by atoms with Crippen LogP contribution in [0.1, 0.15) is 18.9 Å². The average Bonchev–Trinajstić information content (AvgIpc) is 2.28. The summed E-state index contributed by atoms with van der Waals surface area (Å²) in [6.45, 7) is 2.67. The molecule has 0 spiro atoms. The van der Waals surface area contributed by atoms with Gasteiger partial charge in [0, 0.05) is 12.6 Å². The Morgan fingerprint density at radius 2 is 2.19 bits per heavy atom. The molecular formula is C12H13Cl2NO. The lowest BCUT2D eigenvalue weighted by Gasteiger charge is -2.00. The summed E-state index contributed by atoms with van der Waals surface area (Å²) in [6.07, 6.45) is 4.02. The van der Waals surface area contributed by atoms with Crippen LogP contribution in [-0.2, 0) is 4.79 Å². The first-order valence-corrected chi connectivity index (χ1v) is 5.80. The van der Waals surface area contributed by atoms with Crippen LogP contribution in [-0.4, -0.2) is 12.5 Å². The summed E-state index contributed by atoms with van der Waals surface area (Å²) in [7, 11) is 0. The van der Waals surface area contributed by atoms with Gasteiger partial charge in [0.1, 0.15) is 0 Å². The fourth-order valence-corrected chi connectivity index (χ4v) is 1.49. The summed E-state index contributed by atoms with van der Waals surface area (Å²) < 4.78 is 0. The number of amides is 1. The highest BCUT2D eigenvalue weighted by atomic mass is 35.5. The van der Waals surface area contributed by atoms with Crippen molar-refractivity contribution in [1.82, 2.24) is 5.32 Å². The summed E-state index contributed by atoms with van der Waals surface area (Å²) in [5.41, 5.74) is 0.737. The minimum atomic E-state index is -0.127. The number of hydrogen-bond donors (Lipinski definition) is 1. The van der Waals surface area contributed by atoms with Gasteiger partial charge in [-0.25, -0.2) is 0 Å². The number of carbonyl (C=O) groups excluding carboxylic acids is 1. The van der Waals surface area contributed by atoms with Gasteiger partial charge in [-0.05, 0) is 24.1 Å². The molecule has 1 rings (SSSR count). The van der Waals surface area contributed by atoms with Crippen molar-refractivity contribution in [1.29, 1.82) is 0 Å². The summed E-state index contributed by atoms with van der Waals surface area (Å²) in [5, 5.41) is 3.68. The third kappa shape index (κ3) is 3.87. The third-order valence-electron chi connectivity index (χ3n) is 1.94. The zero-order chi connectivity index (χ0) is 12.0. The van der Waals surface area contributed by atoms with Crippen LogP contribution < -0.4 is 5.32 Å². The molecule has 0 heterocycles. The Labute approximate surface area is 105 Å². The molecule has 0 fully saturated rings. The Hall–Kier alpha value is -0.990. The molecule has 0 unspecified atom stereocenters. The Morgan fingerprint density at radius 3 is 2.88 bits per heavy atom. The molecule has 0 atom stereocenters. The summed E-state index contributed by atoms with van der Waals surface area (Å²) in [4.78, 5) is 11.3. The van der Waals surface area contributed by atoms with Crippen LogP contribution in [0, 0.1) is 0 Å². The van der Waals surface area contributed by atoms with Crippen molar-refractivity contribution in [3.8, 4) is 0 Å². The second-order valence-electron chi connectivity index (χ2n) is 3.27. The highest BCUT2D eigenvalue weighted by Gasteiger charge is 2.01. The number of nitrogens with one attached hydrogen (secondary N) is 1. The molecule has 0 saturated carbocycles. The number of halogens is 2. The first-order chi connectivity index (χ1) is 7.65. The molecule has 2 nitrogen and oxygen atoms in total. The van der Waals surface area contributed by atoms with Gasteiger partial charge in [-0.1, -0.05) is 42.3 Å². The highest BCUT2D eigenvalue weighted by Crippen LogP contribution is 2.26. The molecule has 0 aliphatic carbocycles. The molecule has 0 aliphatic rings. The lowest BCUT2D eigenvalue weighted by atomic mass is 10.2. The van der Waals surface area contributed by atoms with E-state index in [0.717, 1.165) is 12.0 Å². The van der Waals surface area contributed by atoms with E-state index in [1.54, 1.807) is 24.3 Å². The second kappa shape index (κ2) is 6.56. The fraction of sp³-hybridized carbons (Fsp3) is 0.250. The van der Waals surface area contributed by atoms with Crippen LogP contribution in [0.25, 0.3) is 6.08 Å².